The third-order valence-corrected chi connectivity index (χ3v) is 12.0. The van der Waals surface area contributed by atoms with Crippen molar-refractivity contribution in [3.63, 3.8) is 0 Å². The summed E-state index contributed by atoms with van der Waals surface area (Å²) in [5, 5.41) is 2.21. The van der Waals surface area contributed by atoms with E-state index in [1.54, 1.807) is 30.1 Å². The molecule has 0 aliphatic carbocycles. The molecule has 4 aromatic carbocycles. The van der Waals surface area contributed by atoms with Crippen LogP contribution in [0.2, 0.25) is 0 Å². The van der Waals surface area contributed by atoms with Gasteiger partial charge in [-0.2, -0.15) is 0 Å². The van der Waals surface area contributed by atoms with Gasteiger partial charge >= 0.3 is 0 Å². The number of carbonyl (C=O) groups excluding carboxylic acids is 5. The second-order valence-electron chi connectivity index (χ2n) is 15.4. The highest BCUT2D eigenvalue weighted by Crippen LogP contribution is 2.36. The minimum Gasteiger partial charge on any atom is -0.492 e. The molecule has 5 amide bonds. The molecule has 6 rings (SSSR count). The Labute approximate surface area is 390 Å². The molecule has 0 saturated carbocycles. The van der Waals surface area contributed by atoms with Crippen LogP contribution in [-0.4, -0.2) is 137 Å². The van der Waals surface area contributed by atoms with E-state index in [9.17, 15) is 24.0 Å². The van der Waals surface area contributed by atoms with Crippen molar-refractivity contribution in [2.75, 3.05) is 92.0 Å². The van der Waals surface area contributed by atoms with Crippen molar-refractivity contribution in [1.82, 2.24) is 15.1 Å². The molecule has 2 aliphatic rings. The maximum atomic E-state index is 13.2. The van der Waals surface area contributed by atoms with Gasteiger partial charge in [0.25, 0.3) is 11.8 Å². The van der Waals surface area contributed by atoms with Gasteiger partial charge in [0.1, 0.15) is 18.4 Å². The van der Waals surface area contributed by atoms with E-state index in [-0.39, 0.29) is 36.3 Å². The maximum Gasteiger partial charge on any atom is 0.263 e. The maximum absolute atomic E-state index is 13.2. The smallest absolute Gasteiger partial charge is 0.263 e. The van der Waals surface area contributed by atoms with Crippen LogP contribution >= 0.6 is 11.8 Å². The van der Waals surface area contributed by atoms with E-state index in [2.05, 4.69) is 72.9 Å². The van der Waals surface area contributed by atoms with Crippen molar-refractivity contribution in [2.45, 2.75) is 43.5 Å². The van der Waals surface area contributed by atoms with Gasteiger partial charge in [0.2, 0.25) is 17.7 Å². The van der Waals surface area contributed by atoms with Gasteiger partial charge in [0.15, 0.2) is 0 Å². The van der Waals surface area contributed by atoms with Gasteiger partial charge in [-0.1, -0.05) is 85.8 Å². The van der Waals surface area contributed by atoms with Crippen LogP contribution in [-0.2, 0) is 38.1 Å². The molecular formula is C51H59N3O11S. The monoisotopic (exact) mass is 921 g/mol. The number of hydrogen-bond acceptors (Lipinski definition) is 12. The molecule has 2 aliphatic heterocycles. The number of nitrogens with zero attached hydrogens (tertiary/aromatic N) is 2. The first kappa shape index (κ1) is 49.7. The quantitative estimate of drug-likeness (QED) is 0.0284. The van der Waals surface area contributed by atoms with E-state index >= 15 is 0 Å². The summed E-state index contributed by atoms with van der Waals surface area (Å²) in [4.78, 5) is 66.1. The summed E-state index contributed by atoms with van der Waals surface area (Å²) in [6.45, 7) is 6.89. The summed E-state index contributed by atoms with van der Waals surface area (Å²) in [6.07, 6.45) is 1.34. The van der Waals surface area contributed by atoms with Crippen LogP contribution < -0.4 is 10.1 Å². The Morgan fingerprint density at radius 3 is 1.85 bits per heavy atom. The lowest BCUT2D eigenvalue weighted by atomic mass is 9.88. The number of imide groups is 2. The summed E-state index contributed by atoms with van der Waals surface area (Å²) < 4.78 is 34.0. The number of piperidine rings is 1. The van der Waals surface area contributed by atoms with Gasteiger partial charge in [-0.15, -0.1) is 11.8 Å². The van der Waals surface area contributed by atoms with E-state index in [0.29, 0.717) is 89.9 Å². The van der Waals surface area contributed by atoms with Crippen molar-refractivity contribution in [3.8, 4) is 5.75 Å². The number of carbonyl (C=O) groups is 5. The largest absolute Gasteiger partial charge is 0.492 e. The summed E-state index contributed by atoms with van der Waals surface area (Å²) in [5.74, 6) is -0.829. The zero-order valence-electron chi connectivity index (χ0n) is 37.7. The highest BCUT2D eigenvalue weighted by Gasteiger charge is 2.45. The normalized spacial score (nSPS) is 15.1. The van der Waals surface area contributed by atoms with Gasteiger partial charge in [-0.25, -0.2) is 0 Å². The van der Waals surface area contributed by atoms with E-state index in [1.165, 1.54) is 34.0 Å². The summed E-state index contributed by atoms with van der Waals surface area (Å²) in [6, 6.07) is 33.2. The Kier molecular flexibility index (Phi) is 19.9. The molecule has 1 atom stereocenters. The van der Waals surface area contributed by atoms with E-state index in [4.69, 9.17) is 28.4 Å². The molecule has 1 N–H and O–H groups in total. The topological polar surface area (TPSA) is 159 Å². The van der Waals surface area contributed by atoms with Crippen molar-refractivity contribution in [1.29, 1.82) is 0 Å². The van der Waals surface area contributed by atoms with Crippen molar-refractivity contribution in [2.24, 2.45) is 0 Å². The minimum absolute atomic E-state index is 0.0197. The molecular weight excluding hydrogens is 863 g/mol. The summed E-state index contributed by atoms with van der Waals surface area (Å²) in [5.41, 5.74) is 6.51. The van der Waals surface area contributed by atoms with Crippen LogP contribution in [0.15, 0.2) is 108 Å². The predicted molar refractivity (Wildman–Crippen MR) is 251 cm³/mol. The van der Waals surface area contributed by atoms with Crippen molar-refractivity contribution in [3.05, 3.63) is 131 Å². The van der Waals surface area contributed by atoms with Gasteiger partial charge in [0.05, 0.1) is 90.2 Å². The SMILES string of the molecule is CC/C(=C(\c1ccccc1)c1ccc(OCCN(C)C(=O)CCOCCOCCOCCOCCOCCSc2cccc3c2C(=O)N(C2CCC(=O)NC2=O)C3=O)cc1)c1ccccc1. The number of rotatable bonds is 28. The summed E-state index contributed by atoms with van der Waals surface area (Å²) >= 11 is 1.39. The molecule has 0 spiro atoms. The van der Waals surface area contributed by atoms with Crippen LogP contribution in [0, 0.1) is 0 Å². The van der Waals surface area contributed by atoms with Gasteiger partial charge < -0.3 is 33.3 Å². The highest BCUT2D eigenvalue weighted by atomic mass is 32.2. The first-order chi connectivity index (χ1) is 32.3. The van der Waals surface area contributed by atoms with E-state index in [1.807, 2.05) is 24.3 Å². The number of ether oxygens (including phenoxy) is 6. The molecule has 350 valence electrons. The Morgan fingerprint density at radius 2 is 1.24 bits per heavy atom. The first-order valence-corrected chi connectivity index (χ1v) is 23.4. The van der Waals surface area contributed by atoms with Gasteiger partial charge in [-0.05, 0) is 64.9 Å². The molecule has 0 radical (unpaired) electrons. The standard InChI is InChI=1S/C51H59N3O11S/c1-3-41(37-11-6-4-7-12-37)47(38-13-8-5-9-14-38)39-17-19-40(20-18-39)65-26-24-53(2)46(56)23-25-60-27-28-61-29-30-62-31-32-63-33-34-64-35-36-66-44-16-10-15-42-48(44)51(59)54(50(42)58)43-21-22-45(55)52-49(43)57/h4-20,43H,3,21-36H2,1-2H3,(H,52,55,57)/b47-41-. The lowest BCUT2D eigenvalue weighted by molar-refractivity contribution is -0.136. The summed E-state index contributed by atoms with van der Waals surface area (Å²) in [7, 11) is 1.77. The second kappa shape index (κ2) is 26.5. The molecule has 4 aromatic rings. The fourth-order valence-corrected chi connectivity index (χ4v) is 8.51. The zero-order chi connectivity index (χ0) is 46.5. The number of allylic oxidation sites excluding steroid dienone is 1. The Morgan fingerprint density at radius 1 is 0.667 bits per heavy atom. The van der Waals surface area contributed by atoms with Crippen LogP contribution in [0.25, 0.3) is 11.1 Å². The molecule has 66 heavy (non-hydrogen) atoms. The molecule has 1 saturated heterocycles. The molecule has 0 aromatic heterocycles. The van der Waals surface area contributed by atoms with Crippen LogP contribution in [0.4, 0.5) is 0 Å². The predicted octanol–water partition coefficient (Wildman–Crippen LogP) is 6.56. The van der Waals surface area contributed by atoms with Crippen LogP contribution in [0.1, 0.15) is 70.0 Å². The fraction of sp³-hybridized carbons (Fsp3) is 0.392. The lowest BCUT2D eigenvalue weighted by Gasteiger charge is -2.27. The number of likely N-dealkylation sites (N-methyl/N-ethyl adjacent to an activating group) is 1. The van der Waals surface area contributed by atoms with Crippen LogP contribution in [0.3, 0.4) is 0 Å². The Balaban J connectivity index is 0.743. The van der Waals surface area contributed by atoms with Crippen molar-refractivity contribution < 1.29 is 52.4 Å². The van der Waals surface area contributed by atoms with Crippen molar-refractivity contribution >= 4 is 52.4 Å². The Bertz CT molecular complexity index is 2260. The molecule has 14 nitrogen and oxygen atoms in total. The number of benzene rings is 4. The molecule has 1 unspecified atom stereocenters. The molecule has 15 heteroatoms. The third kappa shape index (κ3) is 14.2. The number of amides is 5. The number of fused-ring (bicyclic) bond motifs is 1. The minimum atomic E-state index is -1.00. The highest BCUT2D eigenvalue weighted by molar-refractivity contribution is 7.99. The zero-order valence-corrected chi connectivity index (χ0v) is 38.5. The third-order valence-electron chi connectivity index (χ3n) is 11.0. The van der Waals surface area contributed by atoms with Gasteiger partial charge in [0, 0.05) is 24.1 Å². The fourth-order valence-electron chi connectivity index (χ4n) is 7.57. The first-order valence-electron chi connectivity index (χ1n) is 22.4. The van der Waals surface area contributed by atoms with E-state index < -0.39 is 29.7 Å². The molecule has 2 heterocycles. The lowest BCUT2D eigenvalue weighted by Crippen LogP contribution is -2.54. The second-order valence-corrected chi connectivity index (χ2v) is 16.6. The average molecular weight is 922 g/mol. The van der Waals surface area contributed by atoms with Gasteiger partial charge in [-0.3, -0.25) is 34.2 Å². The number of nitrogens with one attached hydrogen (secondary N) is 1. The number of hydrogen-bond donors (Lipinski definition) is 1. The van der Waals surface area contributed by atoms with Crippen LogP contribution in [0.5, 0.6) is 5.75 Å². The molecule has 1 fully saturated rings. The average Bonchev–Trinajstić information content (AvgIpc) is 3.59. The number of thioether (sulfide) groups is 1. The molecule has 0 bridgehead atoms. The Hall–Kier alpha value is -5.68. The van der Waals surface area contributed by atoms with E-state index in [0.717, 1.165) is 22.6 Å².